The molecule has 7 heteroatoms. The van der Waals surface area contributed by atoms with E-state index in [2.05, 4.69) is 5.32 Å². The van der Waals surface area contributed by atoms with E-state index in [0.29, 0.717) is 26.1 Å². The quantitative estimate of drug-likeness (QED) is 0.641. The Morgan fingerprint density at radius 3 is 2.58 bits per heavy atom. The molecule has 0 bridgehead atoms. The second kappa shape index (κ2) is 7.21. The lowest BCUT2D eigenvalue weighted by atomic mass is 10.0. The van der Waals surface area contributed by atoms with Crippen molar-refractivity contribution in [2.45, 2.75) is 38.6 Å². The normalized spacial score (nSPS) is 23.8. The predicted octanol–water partition coefficient (Wildman–Crippen LogP) is -0.0984. The number of hydrogen-bond acceptors (Lipinski definition) is 4. The van der Waals surface area contributed by atoms with Gasteiger partial charge in [-0.15, -0.1) is 0 Å². The summed E-state index contributed by atoms with van der Waals surface area (Å²) in [5.74, 6) is -0.0652. The van der Waals surface area contributed by atoms with Gasteiger partial charge in [0.15, 0.2) is 0 Å². The second-order valence-electron chi connectivity index (χ2n) is 5.10. The molecule has 2 atom stereocenters. The van der Waals surface area contributed by atoms with Gasteiger partial charge < -0.3 is 11.1 Å². The Bertz CT molecular complexity index is 397. The maximum Gasteiger partial charge on any atom is 0.224 e. The van der Waals surface area contributed by atoms with E-state index >= 15 is 0 Å². The van der Waals surface area contributed by atoms with Gasteiger partial charge in [0.2, 0.25) is 15.9 Å². The van der Waals surface area contributed by atoms with Gasteiger partial charge in [-0.05, 0) is 19.3 Å². The minimum absolute atomic E-state index is 0.00686. The van der Waals surface area contributed by atoms with Crippen LogP contribution in [0.5, 0.6) is 0 Å². The number of amides is 1. The maximum absolute atomic E-state index is 11.8. The Hall–Kier alpha value is -0.660. The Labute approximate surface area is 115 Å². The largest absolute Gasteiger partial charge is 0.356 e. The van der Waals surface area contributed by atoms with Crippen LogP contribution in [-0.4, -0.2) is 50.6 Å². The van der Waals surface area contributed by atoms with Crippen molar-refractivity contribution >= 4 is 15.9 Å². The molecule has 1 aliphatic carbocycles. The molecule has 112 valence electrons. The average molecular weight is 291 g/mol. The molecule has 0 aromatic heterocycles. The molecule has 0 saturated heterocycles. The number of rotatable bonds is 7. The van der Waals surface area contributed by atoms with Gasteiger partial charge in [0.05, 0.1) is 12.2 Å². The fraction of sp³-hybridized carbons (Fsp3) is 0.917. The summed E-state index contributed by atoms with van der Waals surface area (Å²) in [5, 5.41) is 2.85. The highest BCUT2D eigenvalue weighted by Crippen LogP contribution is 2.23. The Morgan fingerprint density at radius 2 is 2.11 bits per heavy atom. The minimum atomic E-state index is -3.14. The van der Waals surface area contributed by atoms with Crippen molar-refractivity contribution in [2.75, 3.05) is 25.9 Å². The lowest BCUT2D eigenvalue weighted by molar-refractivity contribution is -0.125. The maximum atomic E-state index is 11.8. The number of nitrogens with one attached hydrogen (secondary N) is 1. The highest BCUT2D eigenvalue weighted by Gasteiger charge is 2.29. The molecule has 0 spiro atoms. The minimum Gasteiger partial charge on any atom is -0.356 e. The summed E-state index contributed by atoms with van der Waals surface area (Å²) in [6.07, 6.45) is 4.60. The molecule has 1 rings (SSSR count). The molecule has 1 aliphatic rings. The second-order valence-corrected chi connectivity index (χ2v) is 7.08. The number of nitrogens with zero attached hydrogens (tertiary/aromatic N) is 1. The number of sulfonamides is 1. The van der Waals surface area contributed by atoms with Crippen LogP contribution in [0.25, 0.3) is 0 Å². The van der Waals surface area contributed by atoms with E-state index in [1.807, 2.05) is 0 Å². The Balaban J connectivity index is 2.25. The standard InChI is InChI=1S/C12H25N3O3S/c1-3-15(19(2,17)18)9-5-8-14-12(16)10-6-4-7-11(10)13/h10-11H,3-9,13H2,1-2H3,(H,14,16). The fourth-order valence-corrected chi connectivity index (χ4v) is 3.40. The van der Waals surface area contributed by atoms with Crippen LogP contribution < -0.4 is 11.1 Å². The number of carbonyl (C=O) groups excluding carboxylic acids is 1. The molecule has 1 fully saturated rings. The molecule has 3 N–H and O–H groups in total. The lowest BCUT2D eigenvalue weighted by Gasteiger charge is -2.18. The van der Waals surface area contributed by atoms with Crippen molar-refractivity contribution < 1.29 is 13.2 Å². The van der Waals surface area contributed by atoms with Crippen LogP contribution >= 0.6 is 0 Å². The fourth-order valence-electron chi connectivity index (χ4n) is 2.47. The van der Waals surface area contributed by atoms with Gasteiger partial charge in [-0.2, -0.15) is 0 Å². The van der Waals surface area contributed by atoms with Gasteiger partial charge in [-0.1, -0.05) is 13.3 Å². The third-order valence-corrected chi connectivity index (χ3v) is 4.99. The molecule has 0 aliphatic heterocycles. The van der Waals surface area contributed by atoms with Gasteiger partial charge in [0.1, 0.15) is 0 Å². The summed E-state index contributed by atoms with van der Waals surface area (Å²) in [6, 6.07) is -0.0249. The van der Waals surface area contributed by atoms with Crippen LogP contribution in [0.2, 0.25) is 0 Å². The molecule has 6 nitrogen and oxygen atoms in total. The first kappa shape index (κ1) is 16.4. The molecule has 2 unspecified atom stereocenters. The van der Waals surface area contributed by atoms with Crippen molar-refractivity contribution in [3.63, 3.8) is 0 Å². The zero-order valence-electron chi connectivity index (χ0n) is 11.8. The van der Waals surface area contributed by atoms with Gasteiger partial charge in [-0.3, -0.25) is 4.79 Å². The molecular weight excluding hydrogens is 266 g/mol. The SMILES string of the molecule is CCN(CCCNC(=O)C1CCCC1N)S(C)(=O)=O. The zero-order chi connectivity index (χ0) is 14.5. The zero-order valence-corrected chi connectivity index (χ0v) is 12.6. The first-order chi connectivity index (χ1) is 8.86. The molecule has 19 heavy (non-hydrogen) atoms. The van der Waals surface area contributed by atoms with E-state index in [9.17, 15) is 13.2 Å². The van der Waals surface area contributed by atoms with Crippen molar-refractivity contribution in [3.8, 4) is 0 Å². The summed E-state index contributed by atoms with van der Waals surface area (Å²) in [4.78, 5) is 11.8. The summed E-state index contributed by atoms with van der Waals surface area (Å²) in [6.45, 7) is 3.19. The lowest BCUT2D eigenvalue weighted by Crippen LogP contribution is -2.40. The molecule has 0 radical (unpaired) electrons. The van der Waals surface area contributed by atoms with E-state index in [4.69, 9.17) is 5.73 Å². The van der Waals surface area contributed by atoms with Crippen LogP contribution in [0.15, 0.2) is 0 Å². The molecule has 0 heterocycles. The van der Waals surface area contributed by atoms with Gasteiger partial charge in [0, 0.05) is 25.7 Å². The van der Waals surface area contributed by atoms with Crippen molar-refractivity contribution in [3.05, 3.63) is 0 Å². The van der Waals surface area contributed by atoms with Crippen LogP contribution in [0.4, 0.5) is 0 Å². The van der Waals surface area contributed by atoms with Crippen LogP contribution in [0, 0.1) is 5.92 Å². The third kappa shape index (κ3) is 5.08. The molecule has 0 aromatic carbocycles. The molecular formula is C12H25N3O3S. The van der Waals surface area contributed by atoms with E-state index < -0.39 is 10.0 Å². The van der Waals surface area contributed by atoms with E-state index in [-0.39, 0.29) is 17.9 Å². The Kier molecular flexibility index (Phi) is 6.22. The number of nitrogens with two attached hydrogens (primary N) is 1. The summed E-state index contributed by atoms with van der Waals surface area (Å²) >= 11 is 0. The van der Waals surface area contributed by atoms with Gasteiger partial charge >= 0.3 is 0 Å². The van der Waals surface area contributed by atoms with Crippen LogP contribution in [0.1, 0.15) is 32.6 Å². The third-order valence-electron chi connectivity index (χ3n) is 3.61. The first-order valence-electron chi connectivity index (χ1n) is 6.84. The van der Waals surface area contributed by atoms with Gasteiger partial charge in [-0.25, -0.2) is 12.7 Å². The predicted molar refractivity (Wildman–Crippen MR) is 75.0 cm³/mol. The summed E-state index contributed by atoms with van der Waals surface area (Å²) < 4.78 is 24.1. The van der Waals surface area contributed by atoms with E-state index in [1.165, 1.54) is 10.6 Å². The Morgan fingerprint density at radius 1 is 1.42 bits per heavy atom. The highest BCUT2D eigenvalue weighted by atomic mass is 32.2. The molecule has 0 aromatic rings. The van der Waals surface area contributed by atoms with Crippen molar-refractivity contribution in [1.29, 1.82) is 0 Å². The van der Waals surface area contributed by atoms with E-state index in [1.54, 1.807) is 6.92 Å². The number of carbonyl (C=O) groups is 1. The summed E-state index contributed by atoms with van der Waals surface area (Å²) in [7, 11) is -3.14. The first-order valence-corrected chi connectivity index (χ1v) is 8.69. The van der Waals surface area contributed by atoms with Crippen LogP contribution in [-0.2, 0) is 14.8 Å². The molecule has 1 amide bonds. The van der Waals surface area contributed by atoms with Crippen LogP contribution in [0.3, 0.4) is 0 Å². The average Bonchev–Trinajstić information content (AvgIpc) is 2.73. The smallest absolute Gasteiger partial charge is 0.224 e. The molecule has 1 saturated carbocycles. The number of hydrogen-bond donors (Lipinski definition) is 2. The van der Waals surface area contributed by atoms with E-state index in [0.717, 1.165) is 19.3 Å². The monoisotopic (exact) mass is 291 g/mol. The van der Waals surface area contributed by atoms with Crippen molar-refractivity contribution in [1.82, 2.24) is 9.62 Å². The van der Waals surface area contributed by atoms with Crippen molar-refractivity contribution in [2.24, 2.45) is 11.7 Å². The van der Waals surface area contributed by atoms with Gasteiger partial charge in [0.25, 0.3) is 0 Å². The highest BCUT2D eigenvalue weighted by molar-refractivity contribution is 7.88. The topological polar surface area (TPSA) is 92.5 Å². The summed E-state index contributed by atoms with van der Waals surface area (Å²) in [5.41, 5.74) is 5.86.